The molecule has 1 atom stereocenters. The van der Waals surface area contributed by atoms with Crippen LogP contribution >= 0.6 is 15.9 Å². The van der Waals surface area contributed by atoms with Crippen LogP contribution in [-0.4, -0.2) is 22.0 Å². The lowest BCUT2D eigenvalue weighted by molar-refractivity contribution is 0.0695. The monoisotopic (exact) mass is 295 g/mol. The summed E-state index contributed by atoms with van der Waals surface area (Å²) in [6.45, 7) is 2.73. The maximum absolute atomic E-state index is 12.3. The minimum absolute atomic E-state index is 0.0237. The van der Waals surface area contributed by atoms with Gasteiger partial charge in [-0.25, -0.2) is 0 Å². The first-order chi connectivity index (χ1) is 8.08. The zero-order chi connectivity index (χ0) is 12.2. The highest BCUT2D eigenvalue weighted by Crippen LogP contribution is 2.40. The van der Waals surface area contributed by atoms with E-state index in [0.29, 0.717) is 18.0 Å². The lowest BCUT2D eigenvalue weighted by Gasteiger charge is -2.23. The van der Waals surface area contributed by atoms with E-state index in [2.05, 4.69) is 22.9 Å². The van der Waals surface area contributed by atoms with Crippen LogP contribution in [0.2, 0.25) is 0 Å². The van der Waals surface area contributed by atoms with E-state index in [4.69, 9.17) is 0 Å². The molecule has 1 N–H and O–H groups in total. The number of fused-ring (bicyclic) bond motifs is 1. The molecule has 1 aromatic carbocycles. The maximum Gasteiger partial charge on any atom is 0.258 e. The predicted molar refractivity (Wildman–Crippen MR) is 67.9 cm³/mol. The van der Waals surface area contributed by atoms with Crippen molar-refractivity contribution in [2.24, 2.45) is 5.92 Å². The quantitative estimate of drug-likeness (QED) is 0.911. The van der Waals surface area contributed by atoms with Crippen molar-refractivity contribution in [3.8, 4) is 5.75 Å². The van der Waals surface area contributed by atoms with E-state index < -0.39 is 0 Å². The number of benzene rings is 1. The van der Waals surface area contributed by atoms with Crippen LogP contribution in [0.4, 0.5) is 0 Å². The van der Waals surface area contributed by atoms with Gasteiger partial charge in [0.1, 0.15) is 5.75 Å². The number of hydrogen-bond acceptors (Lipinski definition) is 2. The summed E-state index contributed by atoms with van der Waals surface area (Å²) in [5.74, 6) is 0.716. The van der Waals surface area contributed by atoms with E-state index in [0.717, 1.165) is 10.0 Å². The topological polar surface area (TPSA) is 40.5 Å². The summed E-state index contributed by atoms with van der Waals surface area (Å²) in [6.07, 6.45) is 2.44. The smallest absolute Gasteiger partial charge is 0.258 e. The lowest BCUT2D eigenvalue weighted by Crippen LogP contribution is -2.34. The number of halogens is 1. The van der Waals surface area contributed by atoms with Gasteiger partial charge in [-0.1, -0.05) is 15.9 Å². The van der Waals surface area contributed by atoms with Crippen molar-refractivity contribution in [1.29, 1.82) is 0 Å². The highest BCUT2D eigenvalue weighted by atomic mass is 79.9. The minimum Gasteiger partial charge on any atom is -0.507 e. The number of aromatic hydroxyl groups is 1. The highest BCUT2D eigenvalue weighted by Gasteiger charge is 2.39. The Morgan fingerprint density at radius 1 is 1.47 bits per heavy atom. The Bertz CT molecular complexity index is 496. The van der Waals surface area contributed by atoms with Crippen molar-refractivity contribution in [3.05, 3.63) is 27.7 Å². The van der Waals surface area contributed by atoms with E-state index in [1.165, 1.54) is 12.8 Å². The third kappa shape index (κ3) is 1.75. The van der Waals surface area contributed by atoms with Crippen LogP contribution in [0.1, 0.15) is 35.7 Å². The molecule has 1 heterocycles. The van der Waals surface area contributed by atoms with Crippen LogP contribution in [0.15, 0.2) is 16.6 Å². The van der Waals surface area contributed by atoms with Gasteiger partial charge in [-0.3, -0.25) is 4.79 Å². The summed E-state index contributed by atoms with van der Waals surface area (Å²) in [5.41, 5.74) is 1.41. The number of phenols is 1. The van der Waals surface area contributed by atoms with Gasteiger partial charge in [0.2, 0.25) is 0 Å². The molecule has 0 saturated heterocycles. The van der Waals surface area contributed by atoms with E-state index in [1.54, 1.807) is 6.07 Å². The fraction of sp³-hybridized carbons (Fsp3) is 0.462. The Morgan fingerprint density at radius 2 is 2.18 bits per heavy atom. The van der Waals surface area contributed by atoms with Crippen molar-refractivity contribution in [3.63, 3.8) is 0 Å². The van der Waals surface area contributed by atoms with Gasteiger partial charge in [-0.2, -0.15) is 0 Å². The van der Waals surface area contributed by atoms with Crippen LogP contribution in [0.5, 0.6) is 5.75 Å². The number of amides is 1. The fourth-order valence-corrected chi connectivity index (χ4v) is 3.07. The Kier molecular flexibility index (Phi) is 2.43. The van der Waals surface area contributed by atoms with Gasteiger partial charge in [-0.05, 0) is 43.4 Å². The molecule has 1 aromatic rings. The second kappa shape index (κ2) is 3.73. The van der Waals surface area contributed by atoms with E-state index in [-0.39, 0.29) is 17.7 Å². The molecule has 1 amide bonds. The molecule has 1 aliphatic carbocycles. The first-order valence-corrected chi connectivity index (χ1v) is 6.69. The Labute approximate surface area is 109 Å². The molecule has 17 heavy (non-hydrogen) atoms. The fourth-order valence-electron chi connectivity index (χ4n) is 2.58. The Balaban J connectivity index is 1.96. The van der Waals surface area contributed by atoms with Crippen molar-refractivity contribution in [2.75, 3.05) is 0 Å². The first-order valence-electron chi connectivity index (χ1n) is 5.90. The van der Waals surface area contributed by atoms with Crippen molar-refractivity contribution in [2.45, 2.75) is 32.4 Å². The molecule has 0 bridgehead atoms. The molecule has 2 aliphatic rings. The second-order valence-electron chi connectivity index (χ2n) is 4.97. The molecule has 1 fully saturated rings. The van der Waals surface area contributed by atoms with Crippen LogP contribution in [0.25, 0.3) is 0 Å². The van der Waals surface area contributed by atoms with Crippen molar-refractivity contribution in [1.82, 2.24) is 4.90 Å². The lowest BCUT2D eigenvalue weighted by atomic mass is 10.1. The normalized spacial score (nSPS) is 20.6. The third-order valence-corrected chi connectivity index (χ3v) is 4.23. The number of phenolic OH excluding ortho intramolecular Hbond substituents is 1. The van der Waals surface area contributed by atoms with Gasteiger partial charge in [0.05, 0.1) is 5.56 Å². The van der Waals surface area contributed by atoms with Crippen LogP contribution < -0.4 is 0 Å². The molecule has 3 nitrogen and oxygen atoms in total. The molecule has 1 saturated carbocycles. The molecule has 1 unspecified atom stereocenters. The standard InChI is InChI=1S/C13H14BrNO2/c1-7(8-2-3-8)15-6-9-4-10(14)5-11(16)12(9)13(15)17/h4-5,7-8,16H,2-3,6H2,1H3. The van der Waals surface area contributed by atoms with E-state index >= 15 is 0 Å². The molecule has 90 valence electrons. The summed E-state index contributed by atoms with van der Waals surface area (Å²) in [5, 5.41) is 9.86. The Morgan fingerprint density at radius 3 is 2.82 bits per heavy atom. The third-order valence-electron chi connectivity index (χ3n) is 3.78. The predicted octanol–water partition coefficient (Wildman–Crippen LogP) is 2.91. The zero-order valence-electron chi connectivity index (χ0n) is 9.61. The summed E-state index contributed by atoms with van der Waals surface area (Å²) in [7, 11) is 0. The molecule has 0 aromatic heterocycles. The van der Waals surface area contributed by atoms with E-state index in [1.807, 2.05) is 11.0 Å². The van der Waals surface area contributed by atoms with Gasteiger partial charge in [0.25, 0.3) is 5.91 Å². The summed E-state index contributed by atoms with van der Waals surface area (Å²) in [6, 6.07) is 3.79. The Hall–Kier alpha value is -1.03. The van der Waals surface area contributed by atoms with Crippen LogP contribution in [-0.2, 0) is 6.54 Å². The molecular weight excluding hydrogens is 282 g/mol. The maximum atomic E-state index is 12.3. The van der Waals surface area contributed by atoms with Gasteiger partial charge in [0.15, 0.2) is 0 Å². The first kappa shape index (κ1) is 11.1. The number of hydrogen-bond donors (Lipinski definition) is 1. The average Bonchev–Trinajstić information content (AvgIpc) is 3.03. The number of carbonyl (C=O) groups excluding carboxylic acids is 1. The number of rotatable bonds is 2. The molecular formula is C13H14BrNO2. The van der Waals surface area contributed by atoms with Crippen molar-refractivity contribution < 1.29 is 9.90 Å². The van der Waals surface area contributed by atoms with Crippen molar-refractivity contribution >= 4 is 21.8 Å². The van der Waals surface area contributed by atoms with Gasteiger partial charge < -0.3 is 10.0 Å². The molecule has 4 heteroatoms. The van der Waals surface area contributed by atoms with Gasteiger partial charge >= 0.3 is 0 Å². The number of nitrogens with zero attached hydrogens (tertiary/aromatic N) is 1. The molecule has 3 rings (SSSR count). The average molecular weight is 296 g/mol. The highest BCUT2D eigenvalue weighted by molar-refractivity contribution is 9.10. The summed E-state index contributed by atoms with van der Waals surface area (Å²) >= 11 is 3.34. The molecule has 1 aliphatic heterocycles. The van der Waals surface area contributed by atoms with Gasteiger partial charge in [0, 0.05) is 17.1 Å². The van der Waals surface area contributed by atoms with E-state index in [9.17, 15) is 9.90 Å². The van der Waals surface area contributed by atoms with Crippen LogP contribution in [0, 0.1) is 5.92 Å². The zero-order valence-corrected chi connectivity index (χ0v) is 11.2. The SMILES string of the molecule is CC(C1CC1)N1Cc2cc(Br)cc(O)c2C1=O. The largest absolute Gasteiger partial charge is 0.507 e. The molecule has 0 radical (unpaired) electrons. The summed E-state index contributed by atoms with van der Waals surface area (Å²) in [4.78, 5) is 14.1. The molecule has 0 spiro atoms. The van der Waals surface area contributed by atoms with Crippen LogP contribution in [0.3, 0.4) is 0 Å². The minimum atomic E-state index is -0.0237. The summed E-state index contributed by atoms with van der Waals surface area (Å²) < 4.78 is 0.822. The van der Waals surface area contributed by atoms with Gasteiger partial charge in [-0.15, -0.1) is 0 Å². The number of carbonyl (C=O) groups is 1. The second-order valence-corrected chi connectivity index (χ2v) is 5.89.